The minimum atomic E-state index is -0.656. The average molecular weight is 478 g/mol. The number of benzene rings is 2. The summed E-state index contributed by atoms with van der Waals surface area (Å²) in [6.45, 7) is 1.40. The normalized spacial score (nSPS) is 18.5. The summed E-state index contributed by atoms with van der Waals surface area (Å²) >= 11 is 1.79. The highest BCUT2D eigenvalue weighted by atomic mass is 32.2. The number of thioether (sulfide) groups is 1. The zero-order valence-electron chi connectivity index (χ0n) is 19.1. The van der Waals surface area contributed by atoms with Crippen LogP contribution in [0.2, 0.25) is 0 Å². The maximum Gasteiger partial charge on any atom is 0.247 e. The van der Waals surface area contributed by atoms with E-state index >= 15 is 0 Å². The minimum Gasteiger partial charge on any atom is -0.343 e. The Labute approximate surface area is 204 Å². The standard InChI is InChI=1S/C26H31N5O2S/c27-12-13-34-21-15-24(29-17-21)26(33)31-23(11-10-18-6-2-1-3-7-18)25(32)30-20-14-19-8-4-5-9-22(19)28-16-20/h1-9,14,16,21,23-24,29H,10-13,15,17,27H2,(H,30,32)(H,31,33)/t21?,23-,24?/m1/s1. The summed E-state index contributed by atoms with van der Waals surface area (Å²) in [5, 5.41) is 10.5. The molecule has 2 heterocycles. The monoisotopic (exact) mass is 477 g/mol. The van der Waals surface area contributed by atoms with Crippen LogP contribution in [0.3, 0.4) is 0 Å². The SMILES string of the molecule is NCCSC1CNC(C(=O)N[C@H](CCc2ccccc2)C(=O)Nc2cnc3ccccc3c2)C1. The van der Waals surface area contributed by atoms with Crippen LogP contribution in [0.5, 0.6) is 0 Å². The molecule has 1 aliphatic rings. The maximum atomic E-state index is 13.2. The second-order valence-electron chi connectivity index (χ2n) is 8.47. The van der Waals surface area contributed by atoms with Gasteiger partial charge in [0.2, 0.25) is 11.8 Å². The summed E-state index contributed by atoms with van der Waals surface area (Å²) in [6, 6.07) is 18.7. The van der Waals surface area contributed by atoms with Gasteiger partial charge in [0.05, 0.1) is 23.4 Å². The number of nitrogens with one attached hydrogen (secondary N) is 3. The molecule has 0 aliphatic carbocycles. The number of nitrogens with zero attached hydrogens (tertiary/aromatic N) is 1. The van der Waals surface area contributed by atoms with Gasteiger partial charge in [-0.25, -0.2) is 0 Å². The number of hydrogen-bond donors (Lipinski definition) is 4. The van der Waals surface area contributed by atoms with Crippen LogP contribution in [0.25, 0.3) is 10.9 Å². The number of hydrogen-bond acceptors (Lipinski definition) is 6. The number of para-hydroxylation sites is 1. The van der Waals surface area contributed by atoms with Gasteiger partial charge in [-0.05, 0) is 37.0 Å². The van der Waals surface area contributed by atoms with Crippen LogP contribution in [0.1, 0.15) is 18.4 Å². The Morgan fingerprint density at radius 3 is 2.76 bits per heavy atom. The van der Waals surface area contributed by atoms with Gasteiger partial charge >= 0.3 is 0 Å². The van der Waals surface area contributed by atoms with Gasteiger partial charge in [-0.2, -0.15) is 11.8 Å². The summed E-state index contributed by atoms with van der Waals surface area (Å²) in [4.78, 5) is 30.7. The van der Waals surface area contributed by atoms with Crippen molar-refractivity contribution in [2.24, 2.45) is 5.73 Å². The van der Waals surface area contributed by atoms with E-state index in [0.717, 1.165) is 35.2 Å². The number of nitrogens with two attached hydrogens (primary N) is 1. The van der Waals surface area contributed by atoms with Crippen LogP contribution in [-0.2, 0) is 16.0 Å². The lowest BCUT2D eigenvalue weighted by Crippen LogP contribution is -2.50. The fraction of sp³-hybridized carbons (Fsp3) is 0.346. The van der Waals surface area contributed by atoms with Crippen molar-refractivity contribution in [2.45, 2.75) is 36.6 Å². The van der Waals surface area contributed by atoms with Crippen LogP contribution in [0.4, 0.5) is 5.69 Å². The molecule has 0 bridgehead atoms. The van der Waals surface area contributed by atoms with Gasteiger partial charge in [0.25, 0.3) is 0 Å². The Bertz CT molecular complexity index is 1110. The summed E-state index contributed by atoms with van der Waals surface area (Å²) in [6.07, 6.45) is 3.56. The molecule has 0 spiro atoms. The summed E-state index contributed by atoms with van der Waals surface area (Å²) < 4.78 is 0. The number of amides is 2. The van der Waals surface area contributed by atoms with Crippen LogP contribution < -0.4 is 21.7 Å². The number of aryl methyl sites for hydroxylation is 1. The number of fused-ring (bicyclic) bond motifs is 1. The van der Waals surface area contributed by atoms with Gasteiger partial charge < -0.3 is 21.7 Å². The van der Waals surface area contributed by atoms with Crippen molar-refractivity contribution >= 4 is 40.2 Å². The first kappa shape index (κ1) is 24.2. The summed E-state index contributed by atoms with van der Waals surface area (Å²) in [7, 11) is 0. The van der Waals surface area contributed by atoms with Crippen LogP contribution in [0.15, 0.2) is 66.9 Å². The van der Waals surface area contributed by atoms with E-state index in [1.165, 1.54) is 0 Å². The first-order valence-electron chi connectivity index (χ1n) is 11.7. The first-order valence-corrected chi connectivity index (χ1v) is 12.7. The van der Waals surface area contributed by atoms with Crippen molar-refractivity contribution in [2.75, 3.05) is 24.2 Å². The zero-order chi connectivity index (χ0) is 23.8. The average Bonchev–Trinajstić information content (AvgIpc) is 3.35. The van der Waals surface area contributed by atoms with Crippen LogP contribution in [0, 0.1) is 0 Å². The smallest absolute Gasteiger partial charge is 0.247 e. The second kappa shape index (κ2) is 12.0. The molecule has 3 aromatic rings. The number of carbonyl (C=O) groups is 2. The summed E-state index contributed by atoms with van der Waals surface area (Å²) in [5.41, 5.74) is 8.21. The molecule has 1 saturated heterocycles. The highest BCUT2D eigenvalue weighted by Gasteiger charge is 2.32. The van der Waals surface area contributed by atoms with Gasteiger partial charge in [-0.1, -0.05) is 48.5 Å². The van der Waals surface area contributed by atoms with E-state index in [2.05, 4.69) is 20.9 Å². The number of anilines is 1. The van der Waals surface area contributed by atoms with Gasteiger partial charge in [-0.3, -0.25) is 14.6 Å². The topological polar surface area (TPSA) is 109 Å². The quantitative estimate of drug-likeness (QED) is 0.358. The first-order chi connectivity index (χ1) is 16.6. The molecule has 3 atom stereocenters. The molecule has 1 aromatic heterocycles. The largest absolute Gasteiger partial charge is 0.343 e. The molecule has 1 aliphatic heterocycles. The van der Waals surface area contributed by atoms with Crippen molar-refractivity contribution in [1.29, 1.82) is 0 Å². The van der Waals surface area contributed by atoms with E-state index in [9.17, 15) is 9.59 Å². The molecule has 7 nitrogen and oxygen atoms in total. The molecular weight excluding hydrogens is 446 g/mol. The van der Waals surface area contributed by atoms with Crippen molar-refractivity contribution in [3.63, 3.8) is 0 Å². The number of carbonyl (C=O) groups excluding carboxylic acids is 2. The number of aromatic nitrogens is 1. The van der Waals surface area contributed by atoms with Gasteiger partial charge in [0, 0.05) is 29.5 Å². The molecular formula is C26H31N5O2S. The predicted molar refractivity (Wildman–Crippen MR) is 139 cm³/mol. The van der Waals surface area contributed by atoms with Crippen LogP contribution >= 0.6 is 11.8 Å². The Morgan fingerprint density at radius 2 is 1.94 bits per heavy atom. The molecule has 0 saturated carbocycles. The Balaban J connectivity index is 1.43. The Morgan fingerprint density at radius 1 is 1.15 bits per heavy atom. The highest BCUT2D eigenvalue weighted by molar-refractivity contribution is 7.99. The molecule has 2 aromatic carbocycles. The molecule has 178 valence electrons. The van der Waals surface area contributed by atoms with Crippen molar-refractivity contribution in [3.8, 4) is 0 Å². The predicted octanol–water partition coefficient (Wildman–Crippen LogP) is 2.71. The highest BCUT2D eigenvalue weighted by Crippen LogP contribution is 2.21. The van der Waals surface area contributed by atoms with E-state index in [-0.39, 0.29) is 17.9 Å². The lowest BCUT2D eigenvalue weighted by molar-refractivity contribution is -0.127. The van der Waals surface area contributed by atoms with E-state index in [4.69, 9.17) is 5.73 Å². The van der Waals surface area contributed by atoms with Gasteiger partial charge in [0.15, 0.2) is 0 Å². The maximum absolute atomic E-state index is 13.2. The molecule has 2 amide bonds. The van der Waals surface area contributed by atoms with Crippen molar-refractivity contribution in [3.05, 3.63) is 72.4 Å². The fourth-order valence-corrected chi connectivity index (χ4v) is 5.14. The number of pyridine rings is 1. The Kier molecular flexibility index (Phi) is 8.51. The van der Waals surface area contributed by atoms with E-state index in [0.29, 0.717) is 30.3 Å². The van der Waals surface area contributed by atoms with Crippen molar-refractivity contribution in [1.82, 2.24) is 15.6 Å². The van der Waals surface area contributed by atoms with Crippen molar-refractivity contribution < 1.29 is 9.59 Å². The second-order valence-corrected chi connectivity index (χ2v) is 9.88. The fourth-order valence-electron chi connectivity index (χ4n) is 4.13. The molecule has 2 unspecified atom stereocenters. The molecule has 0 radical (unpaired) electrons. The lowest BCUT2D eigenvalue weighted by Gasteiger charge is -2.21. The van der Waals surface area contributed by atoms with Gasteiger partial charge in [0.1, 0.15) is 6.04 Å². The molecule has 8 heteroatoms. The molecule has 4 rings (SSSR count). The zero-order valence-corrected chi connectivity index (χ0v) is 19.9. The van der Waals surface area contributed by atoms with E-state index in [1.54, 1.807) is 18.0 Å². The molecule has 1 fully saturated rings. The summed E-state index contributed by atoms with van der Waals surface area (Å²) in [5.74, 6) is 0.497. The lowest BCUT2D eigenvalue weighted by atomic mass is 10.0. The third kappa shape index (κ3) is 6.56. The molecule has 5 N–H and O–H groups in total. The van der Waals surface area contributed by atoms with Crippen LogP contribution in [-0.4, -0.2) is 53.0 Å². The van der Waals surface area contributed by atoms with E-state index < -0.39 is 6.04 Å². The van der Waals surface area contributed by atoms with Gasteiger partial charge in [-0.15, -0.1) is 0 Å². The third-order valence-electron chi connectivity index (χ3n) is 5.93. The third-order valence-corrected chi connectivity index (χ3v) is 7.24. The van der Waals surface area contributed by atoms with E-state index in [1.807, 2.05) is 60.7 Å². The molecule has 34 heavy (non-hydrogen) atoms. The Hall–Kier alpha value is -2.94. The minimum absolute atomic E-state index is 0.138. The number of rotatable bonds is 10.